The molecule has 0 amide bonds. The van der Waals surface area contributed by atoms with Gasteiger partial charge in [-0.1, -0.05) is 24.6 Å². The first kappa shape index (κ1) is 23.5. The topological polar surface area (TPSA) is 70.2 Å². The largest absolute Gasteiger partial charge is 0.462 e. The molecule has 0 aromatic heterocycles. The number of aryl methyl sites for hydroxylation is 1. The van der Waals surface area contributed by atoms with Gasteiger partial charge in [0.1, 0.15) is 6.10 Å². The van der Waals surface area contributed by atoms with E-state index >= 15 is 0 Å². The van der Waals surface area contributed by atoms with Crippen molar-refractivity contribution in [3.05, 3.63) is 29.8 Å². The molecule has 178 valence electrons. The number of rotatable bonds is 7. The van der Waals surface area contributed by atoms with Crippen molar-refractivity contribution in [2.75, 3.05) is 56.5 Å². The van der Waals surface area contributed by atoms with Crippen LogP contribution in [0.2, 0.25) is 0 Å². The summed E-state index contributed by atoms with van der Waals surface area (Å²) in [6.45, 7) is 9.86. The lowest BCUT2D eigenvalue weighted by Gasteiger charge is -2.36. The van der Waals surface area contributed by atoms with E-state index in [2.05, 4.69) is 41.0 Å². The average Bonchev–Trinajstić information content (AvgIpc) is 3.08. The smallest absolute Gasteiger partial charge is 0.312 e. The van der Waals surface area contributed by atoms with Gasteiger partial charge in [0.25, 0.3) is 0 Å². The monoisotopic (exact) mass is 463 g/mol. The molecular formula is C24H37N3O4S. The van der Waals surface area contributed by atoms with Gasteiger partial charge in [0.15, 0.2) is 0 Å². The molecule has 0 unspecified atom stereocenters. The SMILES string of the molecule is CCCS(=O)(=O)N1CCC2(CC1)C[C@@H](CCN1CCN(c3ccc(C)cc3)CC1)OC2=O. The normalized spacial score (nSPS) is 24.8. The van der Waals surface area contributed by atoms with Gasteiger partial charge in [0, 0.05) is 57.9 Å². The van der Waals surface area contributed by atoms with Crippen LogP contribution in [0, 0.1) is 12.3 Å². The van der Waals surface area contributed by atoms with Crippen molar-refractivity contribution in [2.24, 2.45) is 5.41 Å². The lowest BCUT2D eigenvalue weighted by Crippen LogP contribution is -2.47. The van der Waals surface area contributed by atoms with Crippen LogP contribution in [0.3, 0.4) is 0 Å². The predicted octanol–water partition coefficient (Wildman–Crippen LogP) is 2.64. The van der Waals surface area contributed by atoms with Gasteiger partial charge in [-0.3, -0.25) is 9.69 Å². The summed E-state index contributed by atoms with van der Waals surface area (Å²) in [4.78, 5) is 17.6. The number of cyclic esters (lactones) is 1. The third kappa shape index (κ3) is 5.13. The summed E-state index contributed by atoms with van der Waals surface area (Å²) >= 11 is 0. The minimum Gasteiger partial charge on any atom is -0.462 e. The second-order valence-corrected chi connectivity index (χ2v) is 11.8. The van der Waals surface area contributed by atoms with E-state index in [0.29, 0.717) is 32.4 Å². The summed E-state index contributed by atoms with van der Waals surface area (Å²) < 4.78 is 32.0. The van der Waals surface area contributed by atoms with Gasteiger partial charge in [-0.25, -0.2) is 12.7 Å². The zero-order valence-corrected chi connectivity index (χ0v) is 20.3. The van der Waals surface area contributed by atoms with E-state index in [4.69, 9.17) is 4.74 Å². The number of ether oxygens (including phenoxy) is 1. The highest BCUT2D eigenvalue weighted by molar-refractivity contribution is 7.89. The van der Waals surface area contributed by atoms with Crippen LogP contribution in [0.15, 0.2) is 24.3 Å². The highest BCUT2D eigenvalue weighted by Crippen LogP contribution is 2.44. The van der Waals surface area contributed by atoms with Crippen LogP contribution < -0.4 is 4.90 Å². The third-order valence-electron chi connectivity index (χ3n) is 7.40. The fourth-order valence-electron chi connectivity index (χ4n) is 5.30. The molecule has 1 aromatic carbocycles. The molecule has 0 N–H and O–H groups in total. The number of hydrogen-bond donors (Lipinski definition) is 0. The van der Waals surface area contributed by atoms with Gasteiger partial charge < -0.3 is 9.64 Å². The van der Waals surface area contributed by atoms with Crippen molar-refractivity contribution in [2.45, 2.75) is 52.1 Å². The second-order valence-electron chi connectivity index (χ2n) is 9.68. The molecule has 3 heterocycles. The zero-order chi connectivity index (χ0) is 22.8. The number of nitrogens with zero attached hydrogens (tertiary/aromatic N) is 3. The molecule has 3 aliphatic rings. The van der Waals surface area contributed by atoms with Crippen LogP contribution >= 0.6 is 0 Å². The van der Waals surface area contributed by atoms with Crippen molar-refractivity contribution in [1.29, 1.82) is 0 Å². The van der Waals surface area contributed by atoms with Crippen molar-refractivity contribution < 1.29 is 17.9 Å². The van der Waals surface area contributed by atoms with Crippen molar-refractivity contribution in [3.8, 4) is 0 Å². The minimum absolute atomic E-state index is 0.0450. The van der Waals surface area contributed by atoms with Crippen molar-refractivity contribution in [1.82, 2.24) is 9.21 Å². The highest BCUT2D eigenvalue weighted by atomic mass is 32.2. The van der Waals surface area contributed by atoms with Crippen molar-refractivity contribution in [3.63, 3.8) is 0 Å². The number of carbonyl (C=O) groups is 1. The summed E-state index contributed by atoms with van der Waals surface area (Å²) in [6, 6.07) is 8.72. The van der Waals surface area contributed by atoms with Crippen LogP contribution in [-0.4, -0.2) is 81.3 Å². The molecule has 3 saturated heterocycles. The molecule has 1 aromatic rings. The maximum absolute atomic E-state index is 12.7. The van der Waals surface area contributed by atoms with Crippen LogP contribution in [0.5, 0.6) is 0 Å². The number of benzene rings is 1. The first-order valence-electron chi connectivity index (χ1n) is 12.0. The molecule has 7 nitrogen and oxygen atoms in total. The summed E-state index contributed by atoms with van der Waals surface area (Å²) in [6.07, 6.45) is 3.33. The van der Waals surface area contributed by atoms with E-state index < -0.39 is 15.4 Å². The molecule has 0 radical (unpaired) electrons. The third-order valence-corrected chi connectivity index (χ3v) is 9.47. The molecular weight excluding hydrogens is 426 g/mol. The van der Waals surface area contributed by atoms with Gasteiger partial charge in [-0.15, -0.1) is 0 Å². The fourth-order valence-corrected chi connectivity index (χ4v) is 6.81. The number of esters is 1. The number of sulfonamides is 1. The Morgan fingerprint density at radius 2 is 1.69 bits per heavy atom. The molecule has 1 spiro atoms. The number of anilines is 1. The zero-order valence-electron chi connectivity index (χ0n) is 19.5. The highest BCUT2D eigenvalue weighted by Gasteiger charge is 2.51. The molecule has 8 heteroatoms. The number of piperidine rings is 1. The first-order valence-corrected chi connectivity index (χ1v) is 13.7. The van der Waals surface area contributed by atoms with E-state index in [9.17, 15) is 13.2 Å². The Bertz CT molecular complexity index is 886. The fraction of sp³-hybridized carbons (Fsp3) is 0.708. The van der Waals surface area contributed by atoms with Gasteiger partial charge >= 0.3 is 5.97 Å². The summed E-state index contributed by atoms with van der Waals surface area (Å²) in [5, 5.41) is 0. The summed E-state index contributed by atoms with van der Waals surface area (Å²) in [5.41, 5.74) is 2.09. The molecule has 3 fully saturated rings. The lowest BCUT2D eigenvalue weighted by atomic mass is 9.76. The van der Waals surface area contributed by atoms with Gasteiger partial charge in [-0.2, -0.15) is 0 Å². The Morgan fingerprint density at radius 3 is 2.31 bits per heavy atom. The van der Waals surface area contributed by atoms with E-state index in [1.165, 1.54) is 11.3 Å². The van der Waals surface area contributed by atoms with Gasteiger partial charge in [0.2, 0.25) is 10.0 Å². The van der Waals surface area contributed by atoms with Crippen LogP contribution in [0.25, 0.3) is 0 Å². The molecule has 4 rings (SSSR count). The number of piperazine rings is 1. The maximum Gasteiger partial charge on any atom is 0.312 e. The first-order chi connectivity index (χ1) is 15.3. The van der Waals surface area contributed by atoms with E-state index in [1.807, 2.05) is 6.92 Å². The van der Waals surface area contributed by atoms with Gasteiger partial charge in [-0.05, 0) is 44.7 Å². The van der Waals surface area contributed by atoms with Crippen molar-refractivity contribution >= 4 is 21.7 Å². The summed E-state index contributed by atoms with van der Waals surface area (Å²) in [7, 11) is -3.19. The standard InChI is InChI=1S/C24H37N3O4S/c1-3-18-32(29,30)27-12-9-24(10-13-27)19-22(31-23(24)28)8-11-25-14-16-26(17-15-25)21-6-4-20(2)5-7-21/h4-7,22H,3,8-19H2,1-2H3/t22-/m1/s1. The van der Waals surface area contributed by atoms with E-state index in [-0.39, 0.29) is 17.8 Å². The molecule has 0 aliphatic carbocycles. The summed E-state index contributed by atoms with van der Waals surface area (Å²) in [5.74, 6) is 0.0729. The Labute approximate surface area is 192 Å². The lowest BCUT2D eigenvalue weighted by molar-refractivity contribution is -0.150. The van der Waals surface area contributed by atoms with E-state index in [0.717, 1.165) is 45.6 Å². The molecule has 0 saturated carbocycles. The molecule has 0 bridgehead atoms. The minimum atomic E-state index is -3.19. The Balaban J connectivity index is 1.22. The predicted molar refractivity (Wildman–Crippen MR) is 126 cm³/mol. The Morgan fingerprint density at radius 1 is 1.03 bits per heavy atom. The molecule has 32 heavy (non-hydrogen) atoms. The van der Waals surface area contributed by atoms with Crippen LogP contribution in [0.1, 0.15) is 44.6 Å². The van der Waals surface area contributed by atoms with E-state index in [1.54, 1.807) is 4.31 Å². The second kappa shape index (κ2) is 9.69. The van der Waals surface area contributed by atoms with Gasteiger partial charge in [0.05, 0.1) is 11.2 Å². The molecule has 1 atom stereocenters. The Hall–Kier alpha value is -1.64. The maximum atomic E-state index is 12.7. The molecule has 3 aliphatic heterocycles. The van der Waals surface area contributed by atoms with Crippen LogP contribution in [0.4, 0.5) is 5.69 Å². The Kier molecular flexibility index (Phi) is 7.12. The quantitative estimate of drug-likeness (QED) is 0.579. The average molecular weight is 464 g/mol. The number of carbonyl (C=O) groups excluding carboxylic acids is 1. The van der Waals surface area contributed by atoms with Crippen LogP contribution in [-0.2, 0) is 19.6 Å². The number of hydrogen-bond acceptors (Lipinski definition) is 6.